The van der Waals surface area contributed by atoms with Gasteiger partial charge in [0, 0.05) is 5.92 Å². The van der Waals surface area contributed by atoms with E-state index in [4.69, 9.17) is 27.9 Å². The number of halogens is 3. The zero-order valence-corrected chi connectivity index (χ0v) is 14.3. The van der Waals surface area contributed by atoms with Gasteiger partial charge < -0.3 is 4.74 Å². The Balaban J connectivity index is 2.20. The molecule has 0 bridgehead atoms. The van der Waals surface area contributed by atoms with Gasteiger partial charge in [-0.1, -0.05) is 29.3 Å². The minimum atomic E-state index is 0.472. The highest BCUT2D eigenvalue weighted by molar-refractivity contribution is 14.1. The van der Waals surface area contributed by atoms with E-state index in [1.807, 2.05) is 12.1 Å². The fourth-order valence-electron chi connectivity index (χ4n) is 2.07. The first kappa shape index (κ1) is 14.4. The molecule has 6 heteroatoms. The molecule has 1 saturated carbocycles. The molecule has 1 fully saturated rings. The van der Waals surface area contributed by atoms with Crippen molar-refractivity contribution in [2.45, 2.75) is 18.8 Å². The fourth-order valence-corrected chi connectivity index (χ4v) is 3.18. The molecule has 0 saturated heterocycles. The molecule has 104 valence electrons. The summed E-state index contributed by atoms with van der Waals surface area (Å²) in [5.41, 5.74) is 1.71. The van der Waals surface area contributed by atoms with E-state index in [-0.39, 0.29) is 0 Å². The number of rotatable bonds is 3. The van der Waals surface area contributed by atoms with Crippen LogP contribution in [0.3, 0.4) is 0 Å². The minimum absolute atomic E-state index is 0.472. The summed E-state index contributed by atoms with van der Waals surface area (Å²) in [5.74, 6) is 1.67. The van der Waals surface area contributed by atoms with Gasteiger partial charge in [0.2, 0.25) is 0 Å². The van der Waals surface area contributed by atoms with Crippen molar-refractivity contribution < 1.29 is 4.74 Å². The van der Waals surface area contributed by atoms with Crippen LogP contribution in [-0.2, 0) is 0 Å². The van der Waals surface area contributed by atoms with Crippen LogP contribution in [0.4, 0.5) is 0 Å². The molecule has 0 unspecified atom stereocenters. The second-order valence-electron chi connectivity index (χ2n) is 4.63. The van der Waals surface area contributed by atoms with Crippen LogP contribution >= 0.6 is 45.8 Å². The Bertz CT molecular complexity index is 674. The first-order valence-electron chi connectivity index (χ1n) is 6.17. The van der Waals surface area contributed by atoms with Gasteiger partial charge in [0.05, 0.1) is 27.0 Å². The number of nitrogens with zero attached hydrogens (tertiary/aromatic N) is 2. The predicted octanol–water partition coefficient (Wildman–Crippen LogP) is 4.94. The number of ether oxygens (including phenoxy) is 1. The summed E-state index contributed by atoms with van der Waals surface area (Å²) in [4.78, 5) is 9.03. The zero-order valence-electron chi connectivity index (χ0n) is 10.7. The van der Waals surface area contributed by atoms with Crippen molar-refractivity contribution in [2.24, 2.45) is 0 Å². The van der Waals surface area contributed by atoms with E-state index >= 15 is 0 Å². The second kappa shape index (κ2) is 5.66. The summed E-state index contributed by atoms with van der Waals surface area (Å²) >= 11 is 14.7. The summed E-state index contributed by atoms with van der Waals surface area (Å²) in [6, 6.07) is 5.47. The highest BCUT2D eigenvalue weighted by Gasteiger charge is 2.30. The largest absolute Gasteiger partial charge is 0.496 e. The van der Waals surface area contributed by atoms with E-state index in [0.717, 1.165) is 22.1 Å². The van der Waals surface area contributed by atoms with Gasteiger partial charge in [-0.3, -0.25) is 0 Å². The number of methoxy groups -OCH3 is 1. The maximum atomic E-state index is 6.28. The molecule has 0 atom stereocenters. The van der Waals surface area contributed by atoms with E-state index < -0.39 is 0 Å². The van der Waals surface area contributed by atoms with E-state index in [1.54, 1.807) is 13.2 Å². The van der Waals surface area contributed by atoms with Crippen LogP contribution in [0, 0.1) is 3.57 Å². The molecule has 1 heterocycles. The van der Waals surface area contributed by atoms with Crippen molar-refractivity contribution in [3.63, 3.8) is 0 Å². The van der Waals surface area contributed by atoms with Crippen LogP contribution in [0.2, 0.25) is 10.2 Å². The third-order valence-corrected chi connectivity index (χ3v) is 5.19. The Kier molecular flexibility index (Phi) is 4.06. The first-order chi connectivity index (χ1) is 9.61. The van der Waals surface area contributed by atoms with Gasteiger partial charge in [-0.25, -0.2) is 9.97 Å². The summed E-state index contributed by atoms with van der Waals surface area (Å²) in [6.45, 7) is 0. The van der Waals surface area contributed by atoms with Crippen LogP contribution in [0.1, 0.15) is 24.5 Å². The van der Waals surface area contributed by atoms with Gasteiger partial charge in [-0.2, -0.15) is 0 Å². The molecule has 0 N–H and O–H groups in total. The third-order valence-electron chi connectivity index (χ3n) is 3.22. The summed E-state index contributed by atoms with van der Waals surface area (Å²) in [5, 5.41) is 1.03. The Morgan fingerprint density at radius 2 is 2.00 bits per heavy atom. The van der Waals surface area contributed by atoms with Crippen molar-refractivity contribution in [3.05, 3.63) is 37.6 Å². The average Bonchev–Trinajstić information content (AvgIpc) is 3.26. The zero-order chi connectivity index (χ0) is 14.3. The number of benzene rings is 1. The smallest absolute Gasteiger partial charge is 0.166 e. The molecule has 3 nitrogen and oxygen atoms in total. The number of aromatic nitrogens is 2. The Morgan fingerprint density at radius 3 is 2.65 bits per heavy atom. The molecule has 2 aromatic rings. The molecule has 0 radical (unpaired) electrons. The first-order valence-corrected chi connectivity index (χ1v) is 8.01. The molecule has 20 heavy (non-hydrogen) atoms. The molecule has 1 aliphatic carbocycles. The fraction of sp³-hybridized carbons (Fsp3) is 0.286. The van der Waals surface area contributed by atoms with Crippen LogP contribution < -0.4 is 4.74 Å². The van der Waals surface area contributed by atoms with Gasteiger partial charge >= 0.3 is 0 Å². The molecule has 1 aromatic heterocycles. The minimum Gasteiger partial charge on any atom is -0.496 e. The highest BCUT2D eigenvalue weighted by atomic mass is 127. The normalized spacial score (nSPS) is 14.4. The number of hydrogen-bond acceptors (Lipinski definition) is 3. The summed E-state index contributed by atoms with van der Waals surface area (Å²) < 4.78 is 6.29. The average molecular weight is 421 g/mol. The topological polar surface area (TPSA) is 35.0 Å². The quantitative estimate of drug-likeness (QED) is 0.521. The molecule has 1 aromatic carbocycles. The Hall–Kier alpha value is -0.590. The van der Waals surface area contributed by atoms with E-state index in [9.17, 15) is 0 Å². The lowest BCUT2D eigenvalue weighted by molar-refractivity contribution is 0.416. The molecule has 0 aliphatic heterocycles. The van der Waals surface area contributed by atoms with Crippen molar-refractivity contribution in [1.82, 2.24) is 9.97 Å². The van der Waals surface area contributed by atoms with E-state index in [0.29, 0.717) is 33.2 Å². The van der Waals surface area contributed by atoms with Crippen molar-refractivity contribution in [3.8, 4) is 17.1 Å². The SMILES string of the molecule is COc1cccc(Cl)c1-c1nc(Cl)c(I)c(C2CC2)n1. The maximum absolute atomic E-state index is 6.28. The predicted molar refractivity (Wildman–Crippen MR) is 88.7 cm³/mol. The van der Waals surface area contributed by atoms with Gasteiger partial charge in [-0.05, 0) is 47.6 Å². The van der Waals surface area contributed by atoms with Crippen molar-refractivity contribution in [1.29, 1.82) is 0 Å². The lowest BCUT2D eigenvalue weighted by Crippen LogP contribution is -2.01. The van der Waals surface area contributed by atoms with Gasteiger partial charge in [0.1, 0.15) is 10.9 Å². The molecular weight excluding hydrogens is 410 g/mol. The van der Waals surface area contributed by atoms with Gasteiger partial charge in [0.15, 0.2) is 5.82 Å². The van der Waals surface area contributed by atoms with Crippen LogP contribution in [-0.4, -0.2) is 17.1 Å². The standard InChI is InChI=1S/C14H11Cl2IN2O/c1-20-9-4-2-3-8(15)10(9)14-18-12(7-5-6-7)11(17)13(16)19-14/h2-4,7H,5-6H2,1H3. The monoisotopic (exact) mass is 420 g/mol. The Labute approximate surface area is 140 Å². The lowest BCUT2D eigenvalue weighted by Gasteiger charge is -2.12. The third kappa shape index (κ3) is 2.61. The number of hydrogen-bond donors (Lipinski definition) is 0. The van der Waals surface area contributed by atoms with Crippen molar-refractivity contribution >= 4 is 45.8 Å². The van der Waals surface area contributed by atoms with Crippen LogP contribution in [0.5, 0.6) is 5.75 Å². The maximum Gasteiger partial charge on any atom is 0.166 e. The van der Waals surface area contributed by atoms with Gasteiger partial charge in [0.25, 0.3) is 0 Å². The van der Waals surface area contributed by atoms with Crippen LogP contribution in [0.25, 0.3) is 11.4 Å². The molecule has 1 aliphatic rings. The van der Waals surface area contributed by atoms with E-state index in [2.05, 4.69) is 32.6 Å². The van der Waals surface area contributed by atoms with Crippen molar-refractivity contribution in [2.75, 3.05) is 7.11 Å². The molecule has 0 spiro atoms. The highest BCUT2D eigenvalue weighted by Crippen LogP contribution is 2.44. The molecule has 3 rings (SSSR count). The van der Waals surface area contributed by atoms with Gasteiger partial charge in [-0.15, -0.1) is 0 Å². The Morgan fingerprint density at radius 1 is 1.25 bits per heavy atom. The van der Waals surface area contributed by atoms with E-state index in [1.165, 1.54) is 0 Å². The lowest BCUT2D eigenvalue weighted by atomic mass is 10.1. The summed E-state index contributed by atoms with van der Waals surface area (Å²) in [7, 11) is 1.60. The molecular formula is C14H11Cl2IN2O. The summed E-state index contributed by atoms with van der Waals surface area (Å²) in [6.07, 6.45) is 2.31. The second-order valence-corrected chi connectivity index (χ2v) is 6.47. The molecule has 0 amide bonds. The van der Waals surface area contributed by atoms with Crippen LogP contribution in [0.15, 0.2) is 18.2 Å².